The van der Waals surface area contributed by atoms with Gasteiger partial charge in [0, 0.05) is 13.2 Å². The second-order valence-corrected chi connectivity index (χ2v) is 1.13. The summed E-state index contributed by atoms with van der Waals surface area (Å²) in [7, 11) is 0. The van der Waals surface area contributed by atoms with Crippen molar-refractivity contribution < 1.29 is 30.5 Å². The predicted molar refractivity (Wildman–Crippen MR) is 23.5 cm³/mol. The summed E-state index contributed by atoms with van der Waals surface area (Å²) < 4.78 is 21.8. The van der Waals surface area contributed by atoms with Crippen molar-refractivity contribution in [2.45, 2.75) is 13.8 Å². The van der Waals surface area contributed by atoms with Crippen molar-refractivity contribution in [3.63, 3.8) is 0 Å². The van der Waals surface area contributed by atoms with Gasteiger partial charge in [-0.15, -0.1) is 0 Å². The number of hydrogen-bond acceptors (Lipinski definition) is 3. The van der Waals surface area contributed by atoms with E-state index in [2.05, 4.69) is 0 Å². The zero-order valence-corrected chi connectivity index (χ0v) is 6.70. The molecule has 0 N–H and O–H groups in total. The van der Waals surface area contributed by atoms with Gasteiger partial charge in [-0.05, 0) is 13.8 Å². The molecular formula is C4H10O3Ti. The Balaban J connectivity index is 0. The van der Waals surface area contributed by atoms with Crippen molar-refractivity contribution in [3.05, 3.63) is 0 Å². The number of hydrogen-bond donors (Lipinski definition) is 0. The van der Waals surface area contributed by atoms with Gasteiger partial charge in [0.25, 0.3) is 0 Å². The van der Waals surface area contributed by atoms with E-state index in [1.807, 2.05) is 13.8 Å². The molecule has 0 aliphatic heterocycles. The Bertz CT molecular complexity index is 56.3. The van der Waals surface area contributed by atoms with Gasteiger partial charge in [-0.25, -0.2) is 0 Å². The molecule has 0 amide bonds. The van der Waals surface area contributed by atoms with Crippen LogP contribution in [0.25, 0.3) is 0 Å². The molecule has 0 atom stereocenters. The van der Waals surface area contributed by atoms with Gasteiger partial charge >= 0.3 is 25.7 Å². The normalized spacial score (nSPS) is 6.25. The summed E-state index contributed by atoms with van der Waals surface area (Å²) >= 11 is -2.00. The van der Waals surface area contributed by atoms with E-state index >= 15 is 0 Å². The number of rotatable bonds is 2. The molecule has 0 fully saturated rings. The van der Waals surface area contributed by atoms with Crippen LogP contribution in [0.3, 0.4) is 0 Å². The van der Waals surface area contributed by atoms with Crippen molar-refractivity contribution in [3.8, 4) is 0 Å². The molecule has 8 heavy (non-hydrogen) atoms. The molecule has 0 aliphatic rings. The van der Waals surface area contributed by atoms with Crippen LogP contribution in [0.2, 0.25) is 0 Å². The Morgan fingerprint density at radius 2 is 1.50 bits per heavy atom. The topological polar surface area (TPSA) is 43.4 Å². The molecular weight excluding hydrogens is 144 g/mol. The second-order valence-electron chi connectivity index (χ2n) is 0.865. The van der Waals surface area contributed by atoms with Gasteiger partial charge in [-0.2, -0.15) is 0 Å². The zero-order valence-electron chi connectivity index (χ0n) is 5.14. The molecule has 48 valence electrons. The molecule has 4 heteroatoms. The van der Waals surface area contributed by atoms with Crippen LogP contribution in [0.4, 0.5) is 0 Å². The van der Waals surface area contributed by atoms with E-state index in [1.54, 1.807) is 0 Å². The van der Waals surface area contributed by atoms with Gasteiger partial charge in [0.1, 0.15) is 0 Å². The quantitative estimate of drug-likeness (QED) is 0.552. The Morgan fingerprint density at radius 3 is 1.50 bits per heavy atom. The first-order chi connectivity index (χ1) is 3.83. The van der Waals surface area contributed by atoms with E-state index in [4.69, 9.17) is 11.4 Å². The molecule has 0 heterocycles. The van der Waals surface area contributed by atoms with E-state index in [9.17, 15) is 0 Å². The fourth-order valence-electron chi connectivity index (χ4n) is 0.204. The molecule has 0 bridgehead atoms. The molecule has 0 aromatic rings. The van der Waals surface area contributed by atoms with Gasteiger partial charge < -0.3 is 4.74 Å². The van der Waals surface area contributed by atoms with E-state index < -0.39 is 19.1 Å². The average Bonchev–Trinajstić information content (AvgIpc) is 1.71. The first kappa shape index (κ1) is 11.1. The maximum atomic E-state index is 8.50. The zero-order chi connectivity index (χ0) is 6.83. The third kappa shape index (κ3) is 33.7. The van der Waals surface area contributed by atoms with Crippen LogP contribution in [-0.2, 0) is 30.5 Å². The average molecular weight is 154 g/mol. The minimum atomic E-state index is -2.00. The molecule has 0 saturated heterocycles. The monoisotopic (exact) mass is 154 g/mol. The van der Waals surface area contributed by atoms with Gasteiger partial charge in [0.05, 0.1) is 0 Å². The summed E-state index contributed by atoms with van der Waals surface area (Å²) in [6.07, 6.45) is 0. The van der Waals surface area contributed by atoms with Gasteiger partial charge in [0.2, 0.25) is 0 Å². The Hall–Kier alpha value is 0.274. The first-order valence-corrected chi connectivity index (χ1v) is 3.67. The molecule has 0 aromatic carbocycles. The number of ether oxygens (including phenoxy) is 1. The molecule has 0 radical (unpaired) electrons. The van der Waals surface area contributed by atoms with Crippen molar-refractivity contribution in [2.24, 2.45) is 0 Å². The molecule has 0 spiro atoms. The van der Waals surface area contributed by atoms with Crippen molar-refractivity contribution >= 4 is 0 Å². The van der Waals surface area contributed by atoms with Crippen LogP contribution >= 0.6 is 0 Å². The summed E-state index contributed by atoms with van der Waals surface area (Å²) in [4.78, 5) is 0. The van der Waals surface area contributed by atoms with Crippen LogP contribution in [0.5, 0.6) is 0 Å². The molecule has 0 saturated carbocycles. The van der Waals surface area contributed by atoms with Crippen molar-refractivity contribution in [1.82, 2.24) is 0 Å². The molecule has 0 rings (SSSR count). The molecule has 3 nitrogen and oxygen atoms in total. The molecule has 0 aliphatic carbocycles. The van der Waals surface area contributed by atoms with E-state index in [0.29, 0.717) is 0 Å². The van der Waals surface area contributed by atoms with Crippen LogP contribution in [0.1, 0.15) is 13.8 Å². The van der Waals surface area contributed by atoms with Gasteiger partial charge in [-0.3, -0.25) is 0 Å². The van der Waals surface area contributed by atoms with Crippen LogP contribution in [0, 0.1) is 0 Å². The van der Waals surface area contributed by atoms with Crippen molar-refractivity contribution in [2.75, 3.05) is 13.2 Å². The summed E-state index contributed by atoms with van der Waals surface area (Å²) in [5.41, 5.74) is 0. The minimum absolute atomic E-state index is 0.844. The Morgan fingerprint density at radius 1 is 1.25 bits per heavy atom. The van der Waals surface area contributed by atoms with E-state index in [0.717, 1.165) is 13.2 Å². The summed E-state index contributed by atoms with van der Waals surface area (Å²) in [6, 6.07) is 0. The predicted octanol–water partition coefficient (Wildman–Crippen LogP) is 0.803. The fraction of sp³-hybridized carbons (Fsp3) is 1.00. The Labute approximate surface area is 58.0 Å². The van der Waals surface area contributed by atoms with Crippen LogP contribution in [-0.4, -0.2) is 13.2 Å². The summed E-state index contributed by atoms with van der Waals surface area (Å²) in [5, 5.41) is 0. The van der Waals surface area contributed by atoms with Gasteiger partial charge in [0.15, 0.2) is 0 Å². The second kappa shape index (κ2) is 15.7. The molecule has 0 unspecified atom stereocenters. The van der Waals surface area contributed by atoms with Gasteiger partial charge in [-0.1, -0.05) is 0 Å². The fourth-order valence-corrected chi connectivity index (χ4v) is 0.204. The summed E-state index contributed by atoms with van der Waals surface area (Å²) in [5.74, 6) is 0. The first-order valence-electron chi connectivity index (χ1n) is 2.40. The summed E-state index contributed by atoms with van der Waals surface area (Å²) in [6.45, 7) is 5.67. The SMILES string of the molecule is CCOCC.[O]=[Ti]=[O]. The van der Waals surface area contributed by atoms with Crippen molar-refractivity contribution in [1.29, 1.82) is 0 Å². The standard InChI is InChI=1S/C4H10O.2O.Ti/c1-3-5-4-2;;;/h3-4H2,1-2H3;;;. The van der Waals surface area contributed by atoms with E-state index in [-0.39, 0.29) is 0 Å². The molecule has 0 aromatic heterocycles. The maximum absolute atomic E-state index is 8.50. The van der Waals surface area contributed by atoms with Crippen LogP contribution < -0.4 is 0 Å². The Kier molecular flexibility index (Phi) is 21.8. The van der Waals surface area contributed by atoms with Crippen LogP contribution in [0.15, 0.2) is 0 Å². The third-order valence-electron chi connectivity index (χ3n) is 0.408. The van der Waals surface area contributed by atoms with E-state index in [1.165, 1.54) is 0 Å². The third-order valence-corrected chi connectivity index (χ3v) is 0.408.